The standard InChI is InChI=1S/C6H14N2OS/c1-3-7-8(4-5-10)6(2)9/h7,10H,3-5H2,1-2H3. The van der Waals surface area contributed by atoms with Gasteiger partial charge in [-0.05, 0) is 0 Å². The molecule has 0 bridgehead atoms. The van der Waals surface area contributed by atoms with Crippen molar-refractivity contribution in [3.05, 3.63) is 0 Å². The summed E-state index contributed by atoms with van der Waals surface area (Å²) in [5.41, 5.74) is 2.92. The van der Waals surface area contributed by atoms with Crippen molar-refractivity contribution in [1.82, 2.24) is 10.4 Å². The molecule has 1 N–H and O–H groups in total. The molecule has 0 fully saturated rings. The molecule has 0 aliphatic heterocycles. The lowest BCUT2D eigenvalue weighted by Crippen LogP contribution is -2.42. The summed E-state index contributed by atoms with van der Waals surface area (Å²) in [5, 5.41) is 1.56. The van der Waals surface area contributed by atoms with Gasteiger partial charge < -0.3 is 0 Å². The highest BCUT2D eigenvalue weighted by atomic mass is 32.1. The summed E-state index contributed by atoms with van der Waals surface area (Å²) in [6, 6.07) is 0. The lowest BCUT2D eigenvalue weighted by molar-refractivity contribution is -0.131. The topological polar surface area (TPSA) is 32.3 Å². The van der Waals surface area contributed by atoms with Crippen LogP contribution in [0.5, 0.6) is 0 Å². The Hall–Kier alpha value is -0.220. The fourth-order valence-electron chi connectivity index (χ4n) is 0.639. The highest BCUT2D eigenvalue weighted by Crippen LogP contribution is 1.84. The summed E-state index contributed by atoms with van der Waals surface area (Å²) in [6.45, 7) is 4.92. The molecule has 10 heavy (non-hydrogen) atoms. The normalized spacial score (nSPS) is 9.50. The Bertz CT molecular complexity index is 102. The van der Waals surface area contributed by atoms with E-state index in [0.717, 1.165) is 6.54 Å². The Morgan fingerprint density at radius 2 is 2.30 bits per heavy atom. The van der Waals surface area contributed by atoms with E-state index in [1.54, 1.807) is 5.01 Å². The largest absolute Gasteiger partial charge is 0.277 e. The monoisotopic (exact) mass is 162 g/mol. The molecule has 60 valence electrons. The minimum Gasteiger partial charge on any atom is -0.277 e. The second-order valence-corrected chi connectivity index (χ2v) is 2.35. The SMILES string of the molecule is CCNN(CCS)C(C)=O. The number of rotatable bonds is 4. The number of amides is 1. The summed E-state index contributed by atoms with van der Waals surface area (Å²) >= 11 is 4.01. The summed E-state index contributed by atoms with van der Waals surface area (Å²) < 4.78 is 0. The van der Waals surface area contributed by atoms with Gasteiger partial charge in [0.25, 0.3) is 0 Å². The molecular formula is C6H14N2OS. The van der Waals surface area contributed by atoms with E-state index in [4.69, 9.17) is 0 Å². The maximum atomic E-state index is 10.8. The molecule has 0 spiro atoms. The first-order valence-electron chi connectivity index (χ1n) is 3.34. The summed E-state index contributed by atoms with van der Waals surface area (Å²) in [5.74, 6) is 0.725. The summed E-state index contributed by atoms with van der Waals surface area (Å²) in [7, 11) is 0. The molecule has 0 heterocycles. The highest BCUT2D eigenvalue weighted by Gasteiger charge is 2.03. The van der Waals surface area contributed by atoms with E-state index in [0.29, 0.717) is 12.3 Å². The molecule has 0 aromatic rings. The first-order chi connectivity index (χ1) is 4.72. The minimum absolute atomic E-state index is 0.0379. The third-order valence-corrected chi connectivity index (χ3v) is 1.25. The molecular weight excluding hydrogens is 148 g/mol. The van der Waals surface area contributed by atoms with Crippen LogP contribution < -0.4 is 5.43 Å². The van der Waals surface area contributed by atoms with Crippen LogP contribution in [-0.4, -0.2) is 29.8 Å². The van der Waals surface area contributed by atoms with Crippen molar-refractivity contribution in [2.75, 3.05) is 18.8 Å². The molecule has 4 heteroatoms. The van der Waals surface area contributed by atoms with Gasteiger partial charge in [0.05, 0.1) is 0 Å². The van der Waals surface area contributed by atoms with Gasteiger partial charge in [0, 0.05) is 25.8 Å². The van der Waals surface area contributed by atoms with Crippen LogP contribution in [0.15, 0.2) is 0 Å². The van der Waals surface area contributed by atoms with Gasteiger partial charge in [-0.1, -0.05) is 6.92 Å². The number of hydrogen-bond acceptors (Lipinski definition) is 3. The van der Waals surface area contributed by atoms with Crippen LogP contribution in [0.4, 0.5) is 0 Å². The molecule has 0 radical (unpaired) electrons. The van der Waals surface area contributed by atoms with Gasteiger partial charge in [-0.25, -0.2) is 5.43 Å². The third-order valence-electron chi connectivity index (χ3n) is 1.05. The second-order valence-electron chi connectivity index (χ2n) is 1.91. The fourth-order valence-corrected chi connectivity index (χ4v) is 0.839. The Kier molecular flexibility index (Phi) is 5.43. The molecule has 0 saturated heterocycles. The molecule has 0 saturated carbocycles. The van der Waals surface area contributed by atoms with E-state index in [9.17, 15) is 4.79 Å². The lowest BCUT2D eigenvalue weighted by Gasteiger charge is -2.19. The van der Waals surface area contributed by atoms with Gasteiger partial charge in [-0.15, -0.1) is 0 Å². The number of nitrogens with zero attached hydrogens (tertiary/aromatic N) is 1. The van der Waals surface area contributed by atoms with Gasteiger partial charge in [0.1, 0.15) is 0 Å². The van der Waals surface area contributed by atoms with E-state index in [-0.39, 0.29) is 5.91 Å². The van der Waals surface area contributed by atoms with Crippen LogP contribution in [0.1, 0.15) is 13.8 Å². The first kappa shape index (κ1) is 9.78. The maximum Gasteiger partial charge on any atom is 0.233 e. The Balaban J connectivity index is 3.61. The summed E-state index contributed by atoms with van der Waals surface area (Å²) in [4.78, 5) is 10.8. The number of thiol groups is 1. The molecule has 3 nitrogen and oxygen atoms in total. The number of nitrogens with one attached hydrogen (secondary N) is 1. The maximum absolute atomic E-state index is 10.8. The van der Waals surface area contributed by atoms with Crippen LogP contribution in [0.2, 0.25) is 0 Å². The second kappa shape index (κ2) is 5.56. The molecule has 0 atom stereocenters. The zero-order valence-corrected chi connectivity index (χ0v) is 7.32. The van der Waals surface area contributed by atoms with Gasteiger partial charge in [-0.2, -0.15) is 12.6 Å². The number of hydrogen-bond donors (Lipinski definition) is 2. The van der Waals surface area contributed by atoms with Crippen molar-refractivity contribution >= 4 is 18.5 Å². The molecule has 1 amide bonds. The molecule has 0 aliphatic rings. The van der Waals surface area contributed by atoms with Gasteiger partial charge in [0.2, 0.25) is 5.91 Å². The van der Waals surface area contributed by atoms with Crippen LogP contribution in [0.25, 0.3) is 0 Å². The number of carbonyl (C=O) groups is 1. The smallest absolute Gasteiger partial charge is 0.233 e. The van der Waals surface area contributed by atoms with Crippen molar-refractivity contribution in [3.63, 3.8) is 0 Å². The zero-order chi connectivity index (χ0) is 7.98. The van der Waals surface area contributed by atoms with Crippen molar-refractivity contribution in [2.24, 2.45) is 0 Å². The highest BCUT2D eigenvalue weighted by molar-refractivity contribution is 7.80. The van der Waals surface area contributed by atoms with Crippen molar-refractivity contribution in [3.8, 4) is 0 Å². The van der Waals surface area contributed by atoms with Crippen LogP contribution >= 0.6 is 12.6 Å². The van der Waals surface area contributed by atoms with E-state index in [1.165, 1.54) is 6.92 Å². The quantitative estimate of drug-likeness (QED) is 0.460. The Labute approximate surface area is 67.2 Å². The van der Waals surface area contributed by atoms with Crippen LogP contribution in [-0.2, 0) is 4.79 Å². The van der Waals surface area contributed by atoms with E-state index >= 15 is 0 Å². The predicted molar refractivity (Wildman–Crippen MR) is 44.9 cm³/mol. The molecule has 0 unspecified atom stereocenters. The first-order valence-corrected chi connectivity index (χ1v) is 3.98. The van der Waals surface area contributed by atoms with Crippen molar-refractivity contribution < 1.29 is 4.79 Å². The van der Waals surface area contributed by atoms with Gasteiger partial charge >= 0.3 is 0 Å². The molecule has 0 aromatic heterocycles. The van der Waals surface area contributed by atoms with E-state index in [2.05, 4.69) is 18.1 Å². The fraction of sp³-hybridized carbons (Fsp3) is 0.833. The third kappa shape index (κ3) is 3.74. The molecule has 0 rings (SSSR count). The molecule has 0 aromatic carbocycles. The van der Waals surface area contributed by atoms with Gasteiger partial charge in [0.15, 0.2) is 0 Å². The van der Waals surface area contributed by atoms with Gasteiger partial charge in [-0.3, -0.25) is 9.80 Å². The number of carbonyl (C=O) groups excluding carboxylic acids is 1. The predicted octanol–water partition coefficient (Wildman–Crippen LogP) is 0.289. The van der Waals surface area contributed by atoms with Crippen molar-refractivity contribution in [1.29, 1.82) is 0 Å². The van der Waals surface area contributed by atoms with E-state index in [1.807, 2.05) is 6.92 Å². The van der Waals surface area contributed by atoms with E-state index < -0.39 is 0 Å². The number of hydrazine groups is 1. The Morgan fingerprint density at radius 3 is 2.60 bits per heavy atom. The molecule has 0 aliphatic carbocycles. The van der Waals surface area contributed by atoms with Crippen LogP contribution in [0.3, 0.4) is 0 Å². The minimum atomic E-state index is 0.0379. The Morgan fingerprint density at radius 1 is 1.70 bits per heavy atom. The van der Waals surface area contributed by atoms with Crippen molar-refractivity contribution in [2.45, 2.75) is 13.8 Å². The lowest BCUT2D eigenvalue weighted by atomic mass is 10.6. The van der Waals surface area contributed by atoms with Crippen LogP contribution in [0, 0.1) is 0 Å². The summed E-state index contributed by atoms with van der Waals surface area (Å²) in [6.07, 6.45) is 0. The zero-order valence-electron chi connectivity index (χ0n) is 6.42. The average Bonchev–Trinajstić information content (AvgIpc) is 1.87. The average molecular weight is 162 g/mol.